The van der Waals surface area contributed by atoms with Crippen molar-refractivity contribution < 1.29 is 9.47 Å². The molecule has 4 heterocycles. The Bertz CT molecular complexity index is 492. The van der Waals surface area contributed by atoms with Crippen molar-refractivity contribution in [1.82, 2.24) is 15.1 Å². The quantitative estimate of drug-likeness (QED) is 0.609. The molecule has 0 radical (unpaired) electrons. The normalized spacial score (nSPS) is 37.6. The van der Waals surface area contributed by atoms with Gasteiger partial charge in [0, 0.05) is 51.1 Å². The van der Waals surface area contributed by atoms with Crippen molar-refractivity contribution in [3.63, 3.8) is 0 Å². The monoisotopic (exact) mass is 350 g/mol. The number of hydrogen-bond acceptors (Lipinski definition) is 4. The standard InChI is InChI=1S/C19H34N4O2/c1-4-20-18(21-7-8-22-9-10-24-19(2,3)13-22)23-11-14-15(12-23)17-6-5-16(14)25-17/h14-17H,4-13H2,1-3H3,(H,20,21). The molecule has 0 amide bonds. The lowest BCUT2D eigenvalue weighted by Crippen LogP contribution is -2.49. The molecular weight excluding hydrogens is 316 g/mol. The first-order valence-electron chi connectivity index (χ1n) is 10.1. The Balaban J connectivity index is 1.33. The van der Waals surface area contributed by atoms with Crippen LogP contribution in [0.5, 0.6) is 0 Å². The van der Waals surface area contributed by atoms with Gasteiger partial charge < -0.3 is 19.7 Å². The van der Waals surface area contributed by atoms with E-state index in [0.717, 1.165) is 70.2 Å². The van der Waals surface area contributed by atoms with Crippen LogP contribution >= 0.6 is 0 Å². The topological polar surface area (TPSA) is 49.3 Å². The van der Waals surface area contributed by atoms with Crippen LogP contribution in [0.15, 0.2) is 4.99 Å². The van der Waals surface area contributed by atoms with Crippen LogP contribution in [-0.2, 0) is 9.47 Å². The van der Waals surface area contributed by atoms with Gasteiger partial charge in [-0.1, -0.05) is 0 Å². The van der Waals surface area contributed by atoms with E-state index in [4.69, 9.17) is 14.5 Å². The number of nitrogens with one attached hydrogen (secondary N) is 1. The van der Waals surface area contributed by atoms with Gasteiger partial charge in [0.05, 0.1) is 31.0 Å². The van der Waals surface area contributed by atoms with Crippen molar-refractivity contribution in [1.29, 1.82) is 0 Å². The number of fused-ring (bicyclic) bond motifs is 5. The maximum atomic E-state index is 6.10. The molecule has 0 aromatic heterocycles. The first kappa shape index (κ1) is 17.6. The zero-order chi connectivity index (χ0) is 17.4. The SMILES string of the molecule is CCNC(=NCCN1CCOC(C)(C)C1)N1CC2C3CCC(O3)C2C1. The Hall–Kier alpha value is -0.850. The van der Waals surface area contributed by atoms with Crippen LogP contribution in [0.1, 0.15) is 33.6 Å². The molecule has 4 fully saturated rings. The van der Waals surface area contributed by atoms with Crippen molar-refractivity contribution in [2.45, 2.75) is 51.4 Å². The van der Waals surface area contributed by atoms with Crippen LogP contribution in [0.25, 0.3) is 0 Å². The highest BCUT2D eigenvalue weighted by Gasteiger charge is 2.53. The zero-order valence-corrected chi connectivity index (χ0v) is 16.0. The second-order valence-corrected chi connectivity index (χ2v) is 8.64. The molecule has 2 bridgehead atoms. The molecule has 6 nitrogen and oxygen atoms in total. The molecule has 4 aliphatic heterocycles. The smallest absolute Gasteiger partial charge is 0.193 e. The predicted molar refractivity (Wildman–Crippen MR) is 98.9 cm³/mol. The zero-order valence-electron chi connectivity index (χ0n) is 16.0. The summed E-state index contributed by atoms with van der Waals surface area (Å²) in [6, 6.07) is 0. The molecule has 1 N–H and O–H groups in total. The Kier molecular flexibility index (Phi) is 4.95. The van der Waals surface area contributed by atoms with Gasteiger partial charge in [-0.15, -0.1) is 0 Å². The van der Waals surface area contributed by atoms with E-state index in [0.29, 0.717) is 12.2 Å². The fourth-order valence-corrected chi connectivity index (χ4v) is 5.16. The maximum absolute atomic E-state index is 6.10. The minimum Gasteiger partial charge on any atom is -0.374 e. The third-order valence-corrected chi connectivity index (χ3v) is 6.27. The molecule has 4 unspecified atom stereocenters. The number of hydrogen-bond donors (Lipinski definition) is 1. The van der Waals surface area contributed by atoms with Crippen LogP contribution in [0, 0.1) is 11.8 Å². The summed E-state index contributed by atoms with van der Waals surface area (Å²) in [7, 11) is 0. The minimum atomic E-state index is -0.0296. The second kappa shape index (κ2) is 7.05. The van der Waals surface area contributed by atoms with Crippen LogP contribution in [-0.4, -0.2) is 86.0 Å². The summed E-state index contributed by atoms with van der Waals surface area (Å²) in [4.78, 5) is 9.90. The van der Waals surface area contributed by atoms with Crippen molar-refractivity contribution in [3.8, 4) is 0 Å². The summed E-state index contributed by atoms with van der Waals surface area (Å²) >= 11 is 0. The molecule has 0 aromatic carbocycles. The third-order valence-electron chi connectivity index (χ3n) is 6.27. The van der Waals surface area contributed by atoms with Crippen molar-refractivity contribution in [2.75, 3.05) is 52.4 Å². The Morgan fingerprint density at radius 3 is 2.56 bits per heavy atom. The lowest BCUT2D eigenvalue weighted by atomic mass is 9.82. The largest absolute Gasteiger partial charge is 0.374 e. The van der Waals surface area contributed by atoms with Gasteiger partial charge in [-0.2, -0.15) is 0 Å². The number of rotatable bonds is 4. The summed E-state index contributed by atoms with van der Waals surface area (Å²) in [6.45, 7) is 14.4. The molecule has 142 valence electrons. The highest BCUT2D eigenvalue weighted by Crippen LogP contribution is 2.47. The van der Waals surface area contributed by atoms with Gasteiger partial charge in [0.2, 0.25) is 0 Å². The molecule has 6 heteroatoms. The predicted octanol–water partition coefficient (Wildman–Crippen LogP) is 1.17. The van der Waals surface area contributed by atoms with E-state index in [1.54, 1.807) is 0 Å². The highest BCUT2D eigenvalue weighted by molar-refractivity contribution is 5.80. The summed E-state index contributed by atoms with van der Waals surface area (Å²) in [5.41, 5.74) is -0.0296. The molecule has 0 aliphatic carbocycles. The van der Waals surface area contributed by atoms with Crippen LogP contribution < -0.4 is 5.32 Å². The van der Waals surface area contributed by atoms with E-state index in [2.05, 4.69) is 35.9 Å². The molecule has 0 saturated carbocycles. The van der Waals surface area contributed by atoms with Crippen molar-refractivity contribution in [3.05, 3.63) is 0 Å². The molecule has 4 aliphatic rings. The number of nitrogens with zero attached hydrogens (tertiary/aromatic N) is 3. The fraction of sp³-hybridized carbons (Fsp3) is 0.947. The number of guanidine groups is 1. The van der Waals surface area contributed by atoms with E-state index < -0.39 is 0 Å². The first-order chi connectivity index (χ1) is 12.1. The van der Waals surface area contributed by atoms with E-state index in [1.807, 2.05) is 0 Å². The van der Waals surface area contributed by atoms with Gasteiger partial charge in [-0.25, -0.2) is 0 Å². The Morgan fingerprint density at radius 2 is 1.92 bits per heavy atom. The summed E-state index contributed by atoms with van der Waals surface area (Å²) in [5.74, 6) is 2.55. The molecule has 4 saturated heterocycles. The maximum Gasteiger partial charge on any atom is 0.193 e. The number of ether oxygens (including phenoxy) is 2. The van der Waals surface area contributed by atoms with Crippen molar-refractivity contribution in [2.24, 2.45) is 16.8 Å². The number of likely N-dealkylation sites (tertiary alicyclic amines) is 1. The summed E-state index contributed by atoms with van der Waals surface area (Å²) < 4.78 is 11.9. The van der Waals surface area contributed by atoms with Crippen molar-refractivity contribution >= 4 is 5.96 Å². The molecule has 25 heavy (non-hydrogen) atoms. The average Bonchev–Trinajstić information content (AvgIpc) is 3.26. The van der Waals surface area contributed by atoms with E-state index in [9.17, 15) is 0 Å². The van der Waals surface area contributed by atoms with E-state index >= 15 is 0 Å². The minimum absolute atomic E-state index is 0.0296. The van der Waals surface area contributed by atoms with Gasteiger partial charge in [0.1, 0.15) is 0 Å². The van der Waals surface area contributed by atoms with E-state index in [1.165, 1.54) is 12.8 Å². The van der Waals surface area contributed by atoms with Gasteiger partial charge in [-0.3, -0.25) is 9.89 Å². The van der Waals surface area contributed by atoms with Crippen LogP contribution in [0.4, 0.5) is 0 Å². The van der Waals surface area contributed by atoms with Gasteiger partial charge in [-0.05, 0) is 33.6 Å². The lowest BCUT2D eigenvalue weighted by Gasteiger charge is -2.37. The number of aliphatic imine (C=N–C) groups is 1. The Morgan fingerprint density at radius 1 is 1.20 bits per heavy atom. The fourth-order valence-electron chi connectivity index (χ4n) is 5.16. The van der Waals surface area contributed by atoms with Gasteiger partial charge in [0.25, 0.3) is 0 Å². The third kappa shape index (κ3) is 3.67. The first-order valence-corrected chi connectivity index (χ1v) is 10.1. The molecular formula is C19H34N4O2. The van der Waals surface area contributed by atoms with Crippen LogP contribution in [0.2, 0.25) is 0 Å². The molecule has 0 aromatic rings. The second-order valence-electron chi connectivity index (χ2n) is 8.64. The van der Waals surface area contributed by atoms with E-state index in [-0.39, 0.29) is 5.60 Å². The Labute approximate surface area is 151 Å². The molecule has 4 atom stereocenters. The van der Waals surface area contributed by atoms with Gasteiger partial charge in [0.15, 0.2) is 5.96 Å². The molecule has 4 rings (SSSR count). The molecule has 0 spiro atoms. The average molecular weight is 351 g/mol. The number of morpholine rings is 1. The van der Waals surface area contributed by atoms with Gasteiger partial charge >= 0.3 is 0 Å². The van der Waals surface area contributed by atoms with Crippen LogP contribution in [0.3, 0.4) is 0 Å². The highest BCUT2D eigenvalue weighted by atomic mass is 16.5. The summed E-state index contributed by atoms with van der Waals surface area (Å²) in [6.07, 6.45) is 3.55. The lowest BCUT2D eigenvalue weighted by molar-refractivity contribution is -0.0850. The summed E-state index contributed by atoms with van der Waals surface area (Å²) in [5, 5.41) is 3.51.